The van der Waals surface area contributed by atoms with Crippen LogP contribution in [0.25, 0.3) is 0 Å². The number of nitrogens with zero attached hydrogens (tertiary/aromatic N) is 3. The first-order valence-corrected chi connectivity index (χ1v) is 9.90. The zero-order valence-electron chi connectivity index (χ0n) is 15.8. The fourth-order valence-electron chi connectivity index (χ4n) is 3.96. The van der Waals surface area contributed by atoms with Crippen molar-refractivity contribution < 1.29 is 4.79 Å². The van der Waals surface area contributed by atoms with Crippen molar-refractivity contribution in [3.05, 3.63) is 18.1 Å². The number of hydrogen-bond acceptors (Lipinski definition) is 6. The Hall–Kier alpha value is -1.73. The summed E-state index contributed by atoms with van der Waals surface area (Å²) in [6, 6.07) is 0.264. The highest BCUT2D eigenvalue weighted by molar-refractivity contribution is 5.92. The zero-order valence-corrected chi connectivity index (χ0v) is 15.8. The second-order valence-corrected chi connectivity index (χ2v) is 7.81. The van der Waals surface area contributed by atoms with Crippen molar-refractivity contribution in [2.45, 2.75) is 62.9 Å². The van der Waals surface area contributed by atoms with Crippen LogP contribution in [-0.4, -0.2) is 59.0 Å². The summed E-state index contributed by atoms with van der Waals surface area (Å²) in [5, 5.41) is 6.67. The Kier molecular flexibility index (Phi) is 6.43. The molecule has 1 atom stereocenters. The number of anilines is 1. The maximum absolute atomic E-state index is 12.7. The number of nitrogens with two attached hydrogens (primary N) is 1. The molecule has 1 aromatic rings. The van der Waals surface area contributed by atoms with Crippen LogP contribution in [0.5, 0.6) is 0 Å². The fraction of sp³-hybridized carbons (Fsp3) is 0.737. The molecule has 4 N–H and O–H groups in total. The molecule has 26 heavy (non-hydrogen) atoms. The van der Waals surface area contributed by atoms with Gasteiger partial charge in [-0.2, -0.15) is 0 Å². The minimum absolute atomic E-state index is 0.0569. The van der Waals surface area contributed by atoms with Crippen LogP contribution >= 0.6 is 0 Å². The highest BCUT2D eigenvalue weighted by atomic mass is 16.2. The van der Waals surface area contributed by atoms with Crippen LogP contribution < -0.4 is 16.4 Å². The first-order valence-electron chi connectivity index (χ1n) is 9.90. The molecule has 2 heterocycles. The average Bonchev–Trinajstić information content (AvgIpc) is 2.96. The third kappa shape index (κ3) is 4.92. The summed E-state index contributed by atoms with van der Waals surface area (Å²) in [4.78, 5) is 23.2. The molecule has 7 heteroatoms. The largest absolute Gasteiger partial charge is 0.367 e. The topological polar surface area (TPSA) is 96.2 Å². The van der Waals surface area contributed by atoms with Crippen LogP contribution in [0.15, 0.2) is 12.4 Å². The summed E-state index contributed by atoms with van der Waals surface area (Å²) in [5.41, 5.74) is 6.69. The van der Waals surface area contributed by atoms with Gasteiger partial charge in [-0.3, -0.25) is 4.79 Å². The van der Waals surface area contributed by atoms with Crippen molar-refractivity contribution in [2.24, 2.45) is 5.73 Å². The van der Waals surface area contributed by atoms with E-state index in [1.54, 1.807) is 12.4 Å². The maximum Gasteiger partial charge on any atom is 0.274 e. The van der Waals surface area contributed by atoms with E-state index >= 15 is 0 Å². The van der Waals surface area contributed by atoms with Crippen molar-refractivity contribution in [1.82, 2.24) is 20.2 Å². The van der Waals surface area contributed by atoms with E-state index in [0.29, 0.717) is 18.1 Å². The maximum atomic E-state index is 12.7. The first-order chi connectivity index (χ1) is 12.6. The first kappa shape index (κ1) is 19.0. The summed E-state index contributed by atoms with van der Waals surface area (Å²) in [6.45, 7) is 2.68. The molecule has 1 saturated carbocycles. The molecule has 0 aromatic carbocycles. The van der Waals surface area contributed by atoms with Crippen LogP contribution in [0.3, 0.4) is 0 Å². The van der Waals surface area contributed by atoms with Gasteiger partial charge in [0.05, 0.1) is 12.4 Å². The summed E-state index contributed by atoms with van der Waals surface area (Å²) in [5.74, 6) is 0.622. The molecule has 0 bridgehead atoms. The Morgan fingerprint density at radius 1 is 1.23 bits per heavy atom. The Balaban J connectivity index is 1.55. The van der Waals surface area contributed by atoms with E-state index in [2.05, 4.69) is 20.6 Å². The molecular formula is C19H32N6O. The monoisotopic (exact) mass is 360 g/mol. The summed E-state index contributed by atoms with van der Waals surface area (Å²) in [6.07, 6.45) is 12.1. The van der Waals surface area contributed by atoms with Crippen LogP contribution in [0, 0.1) is 0 Å². The number of carbonyl (C=O) groups excluding carboxylic acids is 1. The van der Waals surface area contributed by atoms with Gasteiger partial charge in [0.15, 0.2) is 0 Å². The molecule has 144 valence electrons. The summed E-state index contributed by atoms with van der Waals surface area (Å²) in [7, 11) is 1.87. The number of carbonyl (C=O) groups is 1. The predicted octanol–water partition coefficient (Wildman–Crippen LogP) is 1.76. The van der Waals surface area contributed by atoms with Crippen molar-refractivity contribution in [3.8, 4) is 0 Å². The van der Waals surface area contributed by atoms with Crippen LogP contribution in [-0.2, 0) is 0 Å². The molecular weight excluding hydrogens is 328 g/mol. The second kappa shape index (κ2) is 8.77. The van der Waals surface area contributed by atoms with Crippen LogP contribution in [0.1, 0.15) is 61.9 Å². The Labute approximate surface area is 156 Å². The fourth-order valence-corrected chi connectivity index (χ4v) is 3.96. The summed E-state index contributed by atoms with van der Waals surface area (Å²) < 4.78 is 0. The van der Waals surface area contributed by atoms with Gasteiger partial charge in [0.1, 0.15) is 11.5 Å². The standard InChI is InChI=1S/C19H32N6O/c1-25(15-6-5-10-21-11-7-15)18(26)16-12-23-17(13-22-16)24-14-19(20)8-3-2-4-9-19/h12-13,15,21H,2-11,14,20H2,1H3,(H,23,24). The lowest BCUT2D eigenvalue weighted by Gasteiger charge is -2.33. The molecule has 0 radical (unpaired) electrons. The van der Waals surface area contributed by atoms with Gasteiger partial charge in [0.2, 0.25) is 0 Å². The minimum atomic E-state index is -0.151. The van der Waals surface area contributed by atoms with E-state index < -0.39 is 0 Å². The normalized spacial score (nSPS) is 23.1. The third-order valence-electron chi connectivity index (χ3n) is 5.76. The molecule has 2 aliphatic rings. The van der Waals surface area contributed by atoms with Gasteiger partial charge in [-0.05, 0) is 45.2 Å². The van der Waals surface area contributed by atoms with Crippen molar-refractivity contribution in [1.29, 1.82) is 0 Å². The van der Waals surface area contributed by atoms with Gasteiger partial charge >= 0.3 is 0 Å². The molecule has 1 aromatic heterocycles. The number of nitrogens with one attached hydrogen (secondary N) is 2. The number of amides is 1. The quantitative estimate of drug-likeness (QED) is 0.740. The van der Waals surface area contributed by atoms with E-state index in [-0.39, 0.29) is 17.5 Å². The van der Waals surface area contributed by atoms with Gasteiger partial charge in [-0.15, -0.1) is 0 Å². The molecule has 1 saturated heterocycles. The van der Waals surface area contributed by atoms with Gasteiger partial charge in [-0.25, -0.2) is 9.97 Å². The Morgan fingerprint density at radius 2 is 2.04 bits per heavy atom. The molecule has 1 aliphatic heterocycles. The van der Waals surface area contributed by atoms with Gasteiger partial charge in [0.25, 0.3) is 5.91 Å². The number of rotatable bonds is 5. The Morgan fingerprint density at radius 3 is 2.77 bits per heavy atom. The van der Waals surface area contributed by atoms with Crippen LogP contribution in [0.4, 0.5) is 5.82 Å². The molecule has 7 nitrogen and oxygen atoms in total. The minimum Gasteiger partial charge on any atom is -0.367 e. The number of hydrogen-bond donors (Lipinski definition) is 3. The van der Waals surface area contributed by atoms with Gasteiger partial charge in [-0.1, -0.05) is 19.3 Å². The highest BCUT2D eigenvalue weighted by Gasteiger charge is 2.27. The molecule has 1 amide bonds. The second-order valence-electron chi connectivity index (χ2n) is 7.81. The smallest absolute Gasteiger partial charge is 0.274 e. The van der Waals surface area contributed by atoms with E-state index in [0.717, 1.165) is 45.2 Å². The average molecular weight is 361 g/mol. The van der Waals surface area contributed by atoms with E-state index in [1.807, 2.05) is 11.9 Å². The van der Waals surface area contributed by atoms with E-state index in [4.69, 9.17) is 5.73 Å². The van der Waals surface area contributed by atoms with Crippen LogP contribution in [0.2, 0.25) is 0 Å². The zero-order chi connectivity index (χ0) is 18.4. The van der Waals surface area contributed by atoms with E-state index in [1.165, 1.54) is 19.3 Å². The number of aromatic nitrogens is 2. The molecule has 0 spiro atoms. The highest BCUT2D eigenvalue weighted by Crippen LogP contribution is 2.26. The van der Waals surface area contributed by atoms with Gasteiger partial charge < -0.3 is 21.3 Å². The lowest BCUT2D eigenvalue weighted by Crippen LogP contribution is -2.47. The third-order valence-corrected chi connectivity index (χ3v) is 5.76. The van der Waals surface area contributed by atoms with Crippen molar-refractivity contribution >= 4 is 11.7 Å². The van der Waals surface area contributed by atoms with E-state index in [9.17, 15) is 4.79 Å². The lowest BCUT2D eigenvalue weighted by molar-refractivity contribution is 0.0714. The Bertz CT molecular complexity index is 576. The molecule has 1 unspecified atom stereocenters. The van der Waals surface area contributed by atoms with Crippen molar-refractivity contribution in [2.75, 3.05) is 32.0 Å². The van der Waals surface area contributed by atoms with Crippen molar-refractivity contribution in [3.63, 3.8) is 0 Å². The van der Waals surface area contributed by atoms with Gasteiger partial charge in [0, 0.05) is 25.2 Å². The predicted molar refractivity (Wildman–Crippen MR) is 103 cm³/mol. The molecule has 1 aliphatic carbocycles. The summed E-state index contributed by atoms with van der Waals surface area (Å²) >= 11 is 0. The molecule has 3 rings (SSSR count). The SMILES string of the molecule is CN(C(=O)c1cnc(NCC2(N)CCCCC2)cn1)C1CCCNCC1. The lowest BCUT2D eigenvalue weighted by atomic mass is 9.82. The molecule has 2 fully saturated rings.